The molecule has 0 spiro atoms. The molecule has 0 bridgehead atoms. The summed E-state index contributed by atoms with van der Waals surface area (Å²) in [6, 6.07) is 1.56. The van der Waals surface area contributed by atoms with Crippen LogP contribution in [0.15, 0.2) is 17.3 Å². The first-order chi connectivity index (χ1) is 9.05. The number of aryl methyl sites for hydroxylation is 1. The van der Waals surface area contributed by atoms with Crippen molar-refractivity contribution in [1.29, 1.82) is 0 Å². The predicted octanol–water partition coefficient (Wildman–Crippen LogP) is 0.430. The zero-order valence-corrected chi connectivity index (χ0v) is 12.4. The Kier molecular flexibility index (Phi) is 4.59. The summed E-state index contributed by atoms with van der Waals surface area (Å²) in [5, 5.41) is 7.52. The first kappa shape index (κ1) is 14.5. The number of rotatable bonds is 5. The Labute approximate surface area is 114 Å². The van der Waals surface area contributed by atoms with E-state index in [0.717, 1.165) is 25.9 Å². The average molecular weight is 286 g/mol. The molecule has 0 amide bonds. The minimum Gasteiger partial charge on any atom is -0.317 e. The summed E-state index contributed by atoms with van der Waals surface area (Å²) in [6.07, 6.45) is 3.53. The number of hydrogen-bond acceptors (Lipinski definition) is 4. The van der Waals surface area contributed by atoms with Gasteiger partial charge in [-0.05, 0) is 37.9 Å². The molecule has 1 aromatic heterocycles. The topological polar surface area (TPSA) is 67.2 Å². The summed E-state index contributed by atoms with van der Waals surface area (Å²) in [5.74, 6) is 0.400. The van der Waals surface area contributed by atoms with E-state index in [-0.39, 0.29) is 5.03 Å². The summed E-state index contributed by atoms with van der Waals surface area (Å²) in [4.78, 5) is 0. The van der Waals surface area contributed by atoms with E-state index in [9.17, 15) is 8.42 Å². The van der Waals surface area contributed by atoms with E-state index in [1.54, 1.807) is 17.4 Å². The number of hydrogen-bond donors (Lipinski definition) is 1. The predicted molar refractivity (Wildman–Crippen MR) is 73.2 cm³/mol. The summed E-state index contributed by atoms with van der Waals surface area (Å²) in [7, 11) is -1.74. The van der Waals surface area contributed by atoms with Crippen LogP contribution in [0.3, 0.4) is 0 Å². The van der Waals surface area contributed by atoms with Crippen molar-refractivity contribution < 1.29 is 8.42 Å². The molecule has 2 rings (SSSR count). The molecule has 7 heteroatoms. The van der Waals surface area contributed by atoms with Gasteiger partial charge in [0.2, 0.25) is 0 Å². The molecule has 0 aromatic carbocycles. The monoisotopic (exact) mass is 286 g/mol. The zero-order chi connectivity index (χ0) is 13.9. The maximum atomic E-state index is 12.5. The fourth-order valence-electron chi connectivity index (χ4n) is 2.51. The second kappa shape index (κ2) is 6.02. The first-order valence-electron chi connectivity index (χ1n) is 6.74. The molecule has 1 fully saturated rings. The lowest BCUT2D eigenvalue weighted by Gasteiger charge is -2.31. The SMILES string of the molecule is CCNCC1CCCN(S(=O)(=O)c2ccnn2C)C1. The molecule has 1 unspecified atom stereocenters. The fraction of sp³-hybridized carbons (Fsp3) is 0.750. The highest BCUT2D eigenvalue weighted by molar-refractivity contribution is 7.89. The molecule has 2 heterocycles. The van der Waals surface area contributed by atoms with Crippen molar-refractivity contribution in [2.75, 3.05) is 26.2 Å². The van der Waals surface area contributed by atoms with Gasteiger partial charge in [0, 0.05) is 20.1 Å². The number of aromatic nitrogens is 2. The van der Waals surface area contributed by atoms with Gasteiger partial charge in [-0.25, -0.2) is 8.42 Å². The van der Waals surface area contributed by atoms with Crippen LogP contribution in [-0.4, -0.2) is 48.7 Å². The normalized spacial score (nSPS) is 21.7. The summed E-state index contributed by atoms with van der Waals surface area (Å²) < 4.78 is 28.1. The third kappa shape index (κ3) is 3.16. The molecule has 6 nitrogen and oxygen atoms in total. The quantitative estimate of drug-likeness (QED) is 0.852. The second-order valence-corrected chi connectivity index (χ2v) is 6.86. The highest BCUT2D eigenvalue weighted by Crippen LogP contribution is 2.22. The molecule has 1 N–H and O–H groups in total. The number of nitrogens with one attached hydrogen (secondary N) is 1. The van der Waals surface area contributed by atoms with Crippen LogP contribution < -0.4 is 5.32 Å². The van der Waals surface area contributed by atoms with Crippen LogP contribution in [0, 0.1) is 5.92 Å². The first-order valence-corrected chi connectivity index (χ1v) is 8.18. The number of sulfonamides is 1. The molecule has 0 radical (unpaired) electrons. The smallest absolute Gasteiger partial charge is 0.260 e. The van der Waals surface area contributed by atoms with Crippen LogP contribution in [0.1, 0.15) is 19.8 Å². The second-order valence-electron chi connectivity index (χ2n) is 4.97. The zero-order valence-electron chi connectivity index (χ0n) is 11.5. The molecule has 19 heavy (non-hydrogen) atoms. The lowest BCUT2D eigenvalue weighted by Crippen LogP contribution is -2.43. The van der Waals surface area contributed by atoms with E-state index in [2.05, 4.69) is 17.3 Å². The van der Waals surface area contributed by atoms with E-state index in [1.807, 2.05) is 0 Å². The Hall–Kier alpha value is -0.920. The maximum Gasteiger partial charge on any atom is 0.260 e. The van der Waals surface area contributed by atoms with Gasteiger partial charge in [0.15, 0.2) is 5.03 Å². The standard InChI is InChI=1S/C12H22N4O2S/c1-3-13-9-11-5-4-8-16(10-11)19(17,18)12-6-7-14-15(12)2/h6-7,11,13H,3-5,8-10H2,1-2H3. The summed E-state index contributed by atoms with van der Waals surface area (Å²) in [6.45, 7) is 5.07. The Morgan fingerprint density at radius 3 is 2.95 bits per heavy atom. The fourth-order valence-corrected chi connectivity index (χ4v) is 4.16. The van der Waals surface area contributed by atoms with Crippen LogP contribution >= 0.6 is 0 Å². The Balaban J connectivity index is 2.10. The molecule has 1 aliphatic rings. The molecule has 1 atom stereocenters. The third-order valence-electron chi connectivity index (χ3n) is 3.54. The van der Waals surface area contributed by atoms with Crippen molar-refractivity contribution in [3.8, 4) is 0 Å². The van der Waals surface area contributed by atoms with Gasteiger partial charge in [-0.1, -0.05) is 6.92 Å². The van der Waals surface area contributed by atoms with Gasteiger partial charge >= 0.3 is 0 Å². The Morgan fingerprint density at radius 2 is 2.32 bits per heavy atom. The van der Waals surface area contributed by atoms with Gasteiger partial charge in [-0.2, -0.15) is 9.40 Å². The van der Waals surface area contributed by atoms with E-state index in [1.165, 1.54) is 10.9 Å². The molecule has 1 saturated heterocycles. The van der Waals surface area contributed by atoms with Crippen molar-refractivity contribution in [3.05, 3.63) is 12.3 Å². The van der Waals surface area contributed by atoms with Crippen LogP contribution in [0.4, 0.5) is 0 Å². The van der Waals surface area contributed by atoms with Crippen molar-refractivity contribution in [2.24, 2.45) is 13.0 Å². The van der Waals surface area contributed by atoms with E-state index < -0.39 is 10.0 Å². The molecule has 108 valence electrons. The van der Waals surface area contributed by atoms with Crippen LogP contribution in [0.2, 0.25) is 0 Å². The number of nitrogens with zero attached hydrogens (tertiary/aromatic N) is 3. The largest absolute Gasteiger partial charge is 0.317 e. The summed E-state index contributed by atoms with van der Waals surface area (Å²) >= 11 is 0. The molecule has 1 aliphatic heterocycles. The van der Waals surface area contributed by atoms with E-state index >= 15 is 0 Å². The maximum absolute atomic E-state index is 12.5. The van der Waals surface area contributed by atoms with Gasteiger partial charge in [0.05, 0.1) is 6.20 Å². The summed E-state index contributed by atoms with van der Waals surface area (Å²) in [5.41, 5.74) is 0. The molecular formula is C12H22N4O2S. The van der Waals surface area contributed by atoms with E-state index in [4.69, 9.17) is 0 Å². The van der Waals surface area contributed by atoms with Crippen molar-refractivity contribution in [1.82, 2.24) is 19.4 Å². The minimum absolute atomic E-state index is 0.275. The molecular weight excluding hydrogens is 264 g/mol. The lowest BCUT2D eigenvalue weighted by molar-refractivity contribution is 0.260. The van der Waals surface area contributed by atoms with Crippen molar-refractivity contribution in [3.63, 3.8) is 0 Å². The molecule has 1 aromatic rings. The van der Waals surface area contributed by atoms with E-state index in [0.29, 0.717) is 19.0 Å². The Morgan fingerprint density at radius 1 is 1.53 bits per heavy atom. The minimum atomic E-state index is -3.40. The molecule has 0 saturated carbocycles. The van der Waals surface area contributed by atoms with Crippen molar-refractivity contribution >= 4 is 10.0 Å². The van der Waals surface area contributed by atoms with Crippen molar-refractivity contribution in [2.45, 2.75) is 24.8 Å². The molecule has 0 aliphatic carbocycles. The van der Waals surface area contributed by atoms with Crippen LogP contribution in [0.5, 0.6) is 0 Å². The average Bonchev–Trinajstić information content (AvgIpc) is 2.84. The Bertz CT molecular complexity index is 512. The third-order valence-corrected chi connectivity index (χ3v) is 5.49. The highest BCUT2D eigenvalue weighted by Gasteiger charge is 2.31. The highest BCUT2D eigenvalue weighted by atomic mass is 32.2. The van der Waals surface area contributed by atoms with Gasteiger partial charge in [-0.15, -0.1) is 0 Å². The van der Waals surface area contributed by atoms with Gasteiger partial charge < -0.3 is 5.32 Å². The van der Waals surface area contributed by atoms with Gasteiger partial charge in [-0.3, -0.25) is 4.68 Å². The van der Waals surface area contributed by atoms with Gasteiger partial charge in [0.1, 0.15) is 0 Å². The van der Waals surface area contributed by atoms with Gasteiger partial charge in [0.25, 0.3) is 10.0 Å². The van der Waals surface area contributed by atoms with Crippen LogP contribution in [-0.2, 0) is 17.1 Å². The lowest BCUT2D eigenvalue weighted by atomic mass is 10.00. The van der Waals surface area contributed by atoms with Crippen LogP contribution in [0.25, 0.3) is 0 Å². The number of piperidine rings is 1.